The first-order valence-electron chi connectivity index (χ1n) is 7.28. The average Bonchev–Trinajstić information content (AvgIpc) is 2.98. The van der Waals surface area contributed by atoms with Crippen molar-refractivity contribution in [3.8, 4) is 5.75 Å². The Kier molecular flexibility index (Phi) is 5.05. The third-order valence-electron chi connectivity index (χ3n) is 3.31. The molecule has 3 aromatic rings. The van der Waals surface area contributed by atoms with E-state index in [1.165, 1.54) is 4.70 Å². The molecule has 1 aromatic heterocycles. The van der Waals surface area contributed by atoms with Gasteiger partial charge in [-0.1, -0.05) is 12.1 Å². The Bertz CT molecular complexity index is 766. The molecule has 0 saturated heterocycles. The SMILES string of the molecule is COc1ccc(NC(=S)NCCc2nc3ccccc3s2)cc1. The molecule has 23 heavy (non-hydrogen) atoms. The second-order valence-electron chi connectivity index (χ2n) is 4.93. The van der Waals surface area contributed by atoms with Crippen molar-refractivity contribution in [3.05, 3.63) is 53.5 Å². The van der Waals surface area contributed by atoms with Gasteiger partial charge >= 0.3 is 0 Å². The van der Waals surface area contributed by atoms with Gasteiger partial charge in [0.15, 0.2) is 5.11 Å². The highest BCUT2D eigenvalue weighted by Gasteiger charge is 2.03. The van der Waals surface area contributed by atoms with Crippen molar-refractivity contribution in [3.63, 3.8) is 0 Å². The van der Waals surface area contributed by atoms with Crippen LogP contribution in [0.2, 0.25) is 0 Å². The number of para-hydroxylation sites is 1. The summed E-state index contributed by atoms with van der Waals surface area (Å²) in [5.74, 6) is 0.824. The standard InChI is InChI=1S/C17H17N3OS2/c1-21-13-8-6-12(7-9-13)19-17(22)18-11-10-16-20-14-4-2-3-5-15(14)23-16/h2-9H,10-11H2,1H3,(H2,18,19,22). The zero-order valence-corrected chi connectivity index (χ0v) is 14.3. The first kappa shape index (κ1) is 15.7. The zero-order chi connectivity index (χ0) is 16.1. The number of nitrogens with one attached hydrogen (secondary N) is 2. The summed E-state index contributed by atoms with van der Waals surface area (Å²) in [6, 6.07) is 15.8. The van der Waals surface area contributed by atoms with Crippen molar-refractivity contribution in [2.75, 3.05) is 19.0 Å². The van der Waals surface area contributed by atoms with Crippen LogP contribution in [0, 0.1) is 0 Å². The largest absolute Gasteiger partial charge is 0.497 e. The summed E-state index contributed by atoms with van der Waals surface area (Å²) in [4.78, 5) is 4.61. The maximum Gasteiger partial charge on any atom is 0.170 e. The van der Waals surface area contributed by atoms with E-state index in [-0.39, 0.29) is 0 Å². The van der Waals surface area contributed by atoms with Gasteiger partial charge in [-0.25, -0.2) is 4.98 Å². The predicted octanol–water partition coefficient (Wildman–Crippen LogP) is 3.83. The van der Waals surface area contributed by atoms with Crippen molar-refractivity contribution < 1.29 is 4.74 Å². The fourth-order valence-corrected chi connectivity index (χ4v) is 3.35. The Morgan fingerprint density at radius 2 is 1.96 bits per heavy atom. The normalized spacial score (nSPS) is 10.5. The molecule has 0 amide bonds. The number of fused-ring (bicyclic) bond motifs is 1. The Hall–Kier alpha value is -2.18. The summed E-state index contributed by atoms with van der Waals surface area (Å²) in [6.45, 7) is 0.752. The molecule has 1 heterocycles. The summed E-state index contributed by atoms with van der Waals surface area (Å²) < 4.78 is 6.35. The van der Waals surface area contributed by atoms with Crippen LogP contribution in [0.3, 0.4) is 0 Å². The molecule has 4 nitrogen and oxygen atoms in total. The van der Waals surface area contributed by atoms with Crippen molar-refractivity contribution in [2.24, 2.45) is 0 Å². The second kappa shape index (κ2) is 7.39. The van der Waals surface area contributed by atoms with Gasteiger partial charge in [0.2, 0.25) is 0 Å². The third kappa shape index (κ3) is 4.18. The number of nitrogens with zero attached hydrogens (tertiary/aromatic N) is 1. The Labute approximate surface area is 144 Å². The molecule has 2 N–H and O–H groups in total. The lowest BCUT2D eigenvalue weighted by Crippen LogP contribution is -2.30. The van der Waals surface area contributed by atoms with E-state index in [2.05, 4.69) is 21.7 Å². The summed E-state index contributed by atoms with van der Waals surface area (Å²) in [7, 11) is 1.65. The molecule has 0 spiro atoms. The number of ether oxygens (including phenoxy) is 1. The molecule has 6 heteroatoms. The molecular formula is C17H17N3OS2. The monoisotopic (exact) mass is 343 g/mol. The minimum absolute atomic E-state index is 0.608. The van der Waals surface area contributed by atoms with Crippen LogP contribution < -0.4 is 15.4 Å². The van der Waals surface area contributed by atoms with E-state index in [4.69, 9.17) is 17.0 Å². The lowest BCUT2D eigenvalue weighted by atomic mass is 10.3. The first-order valence-corrected chi connectivity index (χ1v) is 8.50. The maximum atomic E-state index is 5.31. The number of benzene rings is 2. The number of aromatic nitrogens is 1. The van der Waals surface area contributed by atoms with E-state index in [9.17, 15) is 0 Å². The van der Waals surface area contributed by atoms with Crippen LogP contribution in [0.25, 0.3) is 10.2 Å². The van der Waals surface area contributed by atoms with Crippen LogP contribution in [0.1, 0.15) is 5.01 Å². The highest BCUT2D eigenvalue weighted by Crippen LogP contribution is 2.21. The summed E-state index contributed by atoms with van der Waals surface area (Å²) >= 11 is 7.03. The van der Waals surface area contributed by atoms with Gasteiger partial charge in [-0.2, -0.15) is 0 Å². The van der Waals surface area contributed by atoms with Crippen LogP contribution in [-0.2, 0) is 6.42 Å². The highest BCUT2D eigenvalue weighted by molar-refractivity contribution is 7.80. The molecule has 0 bridgehead atoms. The molecule has 118 valence electrons. The van der Waals surface area contributed by atoms with Crippen LogP contribution in [-0.4, -0.2) is 23.8 Å². The quantitative estimate of drug-likeness (QED) is 0.689. The van der Waals surface area contributed by atoms with Crippen molar-refractivity contribution >= 4 is 44.6 Å². The van der Waals surface area contributed by atoms with Gasteiger partial charge in [-0.15, -0.1) is 11.3 Å². The topological polar surface area (TPSA) is 46.2 Å². The summed E-state index contributed by atoms with van der Waals surface area (Å²) in [5, 5.41) is 8.09. The Morgan fingerprint density at radius 1 is 1.17 bits per heavy atom. The lowest BCUT2D eigenvalue weighted by molar-refractivity contribution is 0.415. The number of anilines is 1. The van der Waals surface area contributed by atoms with Crippen molar-refractivity contribution in [1.29, 1.82) is 0 Å². The fourth-order valence-electron chi connectivity index (χ4n) is 2.16. The molecule has 3 rings (SSSR count). The van der Waals surface area contributed by atoms with Gasteiger partial charge < -0.3 is 15.4 Å². The number of thiazole rings is 1. The van der Waals surface area contributed by atoms with E-state index in [1.807, 2.05) is 42.5 Å². The molecule has 0 aliphatic rings. The highest BCUT2D eigenvalue weighted by atomic mass is 32.1. The first-order chi connectivity index (χ1) is 11.2. The minimum Gasteiger partial charge on any atom is -0.497 e. The van der Waals surface area contributed by atoms with E-state index in [0.29, 0.717) is 5.11 Å². The molecule has 0 fully saturated rings. The minimum atomic E-state index is 0.608. The molecule has 0 saturated carbocycles. The summed E-state index contributed by atoms with van der Waals surface area (Å²) in [5.41, 5.74) is 2.00. The zero-order valence-electron chi connectivity index (χ0n) is 12.7. The van der Waals surface area contributed by atoms with Crippen LogP contribution in [0.4, 0.5) is 5.69 Å². The molecule has 2 aromatic carbocycles. The van der Waals surface area contributed by atoms with Crippen molar-refractivity contribution in [1.82, 2.24) is 10.3 Å². The number of methoxy groups -OCH3 is 1. The number of hydrogen-bond donors (Lipinski definition) is 2. The van der Waals surface area contributed by atoms with Gasteiger partial charge in [-0.05, 0) is 48.6 Å². The molecule has 0 aliphatic carbocycles. The lowest BCUT2D eigenvalue weighted by Gasteiger charge is -2.10. The number of rotatable bonds is 5. The molecule has 0 aliphatic heterocycles. The fraction of sp³-hybridized carbons (Fsp3) is 0.176. The van der Waals surface area contributed by atoms with Crippen LogP contribution in [0.5, 0.6) is 5.75 Å². The second-order valence-corrected chi connectivity index (χ2v) is 6.46. The average molecular weight is 343 g/mol. The molecular weight excluding hydrogens is 326 g/mol. The van der Waals surface area contributed by atoms with E-state index >= 15 is 0 Å². The maximum absolute atomic E-state index is 5.31. The van der Waals surface area contributed by atoms with Gasteiger partial charge in [0, 0.05) is 18.7 Å². The van der Waals surface area contributed by atoms with Crippen LogP contribution in [0.15, 0.2) is 48.5 Å². The third-order valence-corrected chi connectivity index (χ3v) is 4.65. The van der Waals surface area contributed by atoms with Gasteiger partial charge in [-0.3, -0.25) is 0 Å². The van der Waals surface area contributed by atoms with Crippen molar-refractivity contribution in [2.45, 2.75) is 6.42 Å². The van der Waals surface area contributed by atoms with E-state index in [1.54, 1.807) is 18.4 Å². The van der Waals surface area contributed by atoms with E-state index in [0.717, 1.165) is 34.9 Å². The smallest absolute Gasteiger partial charge is 0.170 e. The van der Waals surface area contributed by atoms with Gasteiger partial charge in [0.05, 0.1) is 22.3 Å². The molecule has 0 unspecified atom stereocenters. The number of hydrogen-bond acceptors (Lipinski definition) is 4. The van der Waals surface area contributed by atoms with Crippen LogP contribution >= 0.6 is 23.6 Å². The number of thiocarbonyl (C=S) groups is 1. The summed E-state index contributed by atoms with van der Waals surface area (Å²) in [6.07, 6.45) is 0.851. The van der Waals surface area contributed by atoms with Gasteiger partial charge in [0.25, 0.3) is 0 Å². The molecule has 0 radical (unpaired) electrons. The van der Waals surface area contributed by atoms with E-state index < -0.39 is 0 Å². The molecule has 0 atom stereocenters. The predicted molar refractivity (Wildman–Crippen MR) is 101 cm³/mol. The Balaban J connectivity index is 1.48. The van der Waals surface area contributed by atoms with Gasteiger partial charge in [0.1, 0.15) is 5.75 Å². The Morgan fingerprint density at radius 3 is 2.70 bits per heavy atom.